The van der Waals surface area contributed by atoms with Crippen LogP contribution in [0.3, 0.4) is 0 Å². The molecule has 0 spiro atoms. The highest BCUT2D eigenvalue weighted by Crippen LogP contribution is 2.23. The predicted molar refractivity (Wildman–Crippen MR) is 97.2 cm³/mol. The number of aryl methyl sites for hydroxylation is 1. The van der Waals surface area contributed by atoms with Crippen molar-refractivity contribution in [3.63, 3.8) is 0 Å². The highest BCUT2D eigenvalue weighted by Gasteiger charge is 2.15. The lowest BCUT2D eigenvalue weighted by Crippen LogP contribution is -2.37. The fourth-order valence-corrected chi connectivity index (χ4v) is 2.95. The maximum Gasteiger partial charge on any atom is 0.315 e. The van der Waals surface area contributed by atoms with Gasteiger partial charge in [-0.1, -0.05) is 45.0 Å². The van der Waals surface area contributed by atoms with Crippen LogP contribution in [0.4, 0.5) is 4.79 Å². The normalized spacial score (nSPS) is 12.7. The summed E-state index contributed by atoms with van der Waals surface area (Å²) < 4.78 is 0. The standard InChI is InChI=1S/C18H25N3O2S/c1-12-16(24-11-21-12)10-20-17(23)19-9-15(22)13-5-7-14(8-6-13)18(2,3)4/h5-8,11,15,22H,9-10H2,1-4H3,(H2,19,20,23)/t15-/m1/s1. The molecule has 0 saturated heterocycles. The molecule has 2 aromatic rings. The summed E-state index contributed by atoms with van der Waals surface area (Å²) in [6, 6.07) is 7.56. The van der Waals surface area contributed by atoms with Crippen LogP contribution in [-0.4, -0.2) is 22.7 Å². The van der Waals surface area contributed by atoms with Crippen molar-refractivity contribution in [2.45, 2.75) is 45.8 Å². The Bertz CT molecular complexity index is 674. The van der Waals surface area contributed by atoms with Crippen LogP contribution in [0, 0.1) is 6.92 Å². The molecule has 0 fully saturated rings. The van der Waals surface area contributed by atoms with Crippen molar-refractivity contribution in [3.05, 3.63) is 51.5 Å². The van der Waals surface area contributed by atoms with Crippen LogP contribution < -0.4 is 10.6 Å². The second kappa shape index (κ2) is 7.77. The Hall–Kier alpha value is -1.92. The maximum atomic E-state index is 11.8. The molecule has 2 rings (SSSR count). The SMILES string of the molecule is Cc1ncsc1CNC(=O)NC[C@@H](O)c1ccc(C(C)(C)C)cc1. The molecule has 1 aromatic heterocycles. The van der Waals surface area contributed by atoms with Gasteiger partial charge in [-0.15, -0.1) is 11.3 Å². The maximum absolute atomic E-state index is 11.8. The Morgan fingerprint density at radius 2 is 1.92 bits per heavy atom. The molecule has 24 heavy (non-hydrogen) atoms. The number of carbonyl (C=O) groups excluding carboxylic acids is 1. The van der Waals surface area contributed by atoms with Gasteiger partial charge in [0.25, 0.3) is 0 Å². The highest BCUT2D eigenvalue weighted by molar-refractivity contribution is 7.09. The zero-order valence-corrected chi connectivity index (χ0v) is 15.4. The van der Waals surface area contributed by atoms with Crippen molar-refractivity contribution in [2.24, 2.45) is 0 Å². The van der Waals surface area contributed by atoms with Gasteiger partial charge < -0.3 is 15.7 Å². The van der Waals surface area contributed by atoms with E-state index < -0.39 is 6.10 Å². The zero-order valence-electron chi connectivity index (χ0n) is 14.6. The highest BCUT2D eigenvalue weighted by atomic mass is 32.1. The van der Waals surface area contributed by atoms with Gasteiger partial charge in [0.15, 0.2) is 0 Å². The van der Waals surface area contributed by atoms with Crippen LogP contribution in [-0.2, 0) is 12.0 Å². The first-order valence-corrected chi connectivity index (χ1v) is 8.84. The molecule has 1 heterocycles. The van der Waals surface area contributed by atoms with E-state index in [1.165, 1.54) is 16.9 Å². The summed E-state index contributed by atoms with van der Waals surface area (Å²) >= 11 is 1.51. The summed E-state index contributed by atoms with van der Waals surface area (Å²) in [6.07, 6.45) is -0.727. The number of nitrogens with one attached hydrogen (secondary N) is 2. The lowest BCUT2D eigenvalue weighted by atomic mass is 9.86. The summed E-state index contributed by atoms with van der Waals surface area (Å²) in [5.74, 6) is 0. The van der Waals surface area contributed by atoms with E-state index in [0.29, 0.717) is 6.54 Å². The third-order valence-corrected chi connectivity index (χ3v) is 4.81. The second-order valence-corrected chi connectivity index (χ2v) is 7.75. The fourth-order valence-electron chi connectivity index (χ4n) is 2.23. The van der Waals surface area contributed by atoms with E-state index in [0.717, 1.165) is 16.1 Å². The predicted octanol–water partition coefficient (Wildman–Crippen LogP) is 3.28. The molecule has 0 aliphatic carbocycles. The van der Waals surface area contributed by atoms with E-state index in [9.17, 15) is 9.90 Å². The number of amides is 2. The number of benzene rings is 1. The van der Waals surface area contributed by atoms with E-state index in [4.69, 9.17) is 0 Å². The van der Waals surface area contributed by atoms with Crippen LogP contribution in [0.5, 0.6) is 0 Å². The number of carbonyl (C=O) groups is 1. The van der Waals surface area contributed by atoms with Crippen LogP contribution in [0.25, 0.3) is 0 Å². The van der Waals surface area contributed by atoms with E-state index in [1.807, 2.05) is 31.2 Å². The van der Waals surface area contributed by atoms with E-state index in [1.54, 1.807) is 5.51 Å². The monoisotopic (exact) mass is 347 g/mol. The summed E-state index contributed by atoms with van der Waals surface area (Å²) in [5, 5.41) is 15.7. The Labute approximate surface area is 147 Å². The van der Waals surface area contributed by atoms with E-state index >= 15 is 0 Å². The molecule has 0 saturated carbocycles. The lowest BCUT2D eigenvalue weighted by Gasteiger charge is -2.20. The first-order chi connectivity index (χ1) is 11.3. The molecule has 5 nitrogen and oxygen atoms in total. The van der Waals surface area contributed by atoms with Crippen LogP contribution in [0.1, 0.15) is 48.6 Å². The van der Waals surface area contributed by atoms with Gasteiger partial charge in [-0.3, -0.25) is 0 Å². The number of hydrogen-bond donors (Lipinski definition) is 3. The number of nitrogens with zero attached hydrogens (tertiary/aromatic N) is 1. The lowest BCUT2D eigenvalue weighted by molar-refractivity contribution is 0.173. The van der Waals surface area contributed by atoms with Gasteiger partial charge in [-0.25, -0.2) is 9.78 Å². The van der Waals surface area contributed by atoms with Crippen molar-refractivity contribution in [2.75, 3.05) is 6.54 Å². The number of thiazole rings is 1. The molecule has 0 aliphatic heterocycles. The van der Waals surface area contributed by atoms with E-state index in [2.05, 4.69) is 36.4 Å². The topological polar surface area (TPSA) is 74.2 Å². The summed E-state index contributed by atoms with van der Waals surface area (Å²) in [5.41, 5.74) is 4.77. The summed E-state index contributed by atoms with van der Waals surface area (Å²) in [4.78, 5) is 17.0. The fraction of sp³-hybridized carbons (Fsp3) is 0.444. The molecule has 6 heteroatoms. The van der Waals surface area contributed by atoms with Crippen LogP contribution in [0.2, 0.25) is 0 Å². The van der Waals surface area contributed by atoms with Crippen molar-refractivity contribution in [1.29, 1.82) is 0 Å². The van der Waals surface area contributed by atoms with Gasteiger partial charge in [0.2, 0.25) is 0 Å². The van der Waals surface area contributed by atoms with Crippen molar-refractivity contribution < 1.29 is 9.90 Å². The van der Waals surface area contributed by atoms with Gasteiger partial charge >= 0.3 is 6.03 Å². The third-order valence-electron chi connectivity index (χ3n) is 3.87. The third kappa shape index (κ3) is 5.04. The molecule has 3 N–H and O–H groups in total. The average molecular weight is 347 g/mol. The molecule has 0 bridgehead atoms. The Morgan fingerprint density at radius 3 is 2.46 bits per heavy atom. The first-order valence-electron chi connectivity index (χ1n) is 7.96. The van der Waals surface area contributed by atoms with Crippen LogP contribution >= 0.6 is 11.3 Å². The molecule has 0 unspecified atom stereocenters. The minimum atomic E-state index is -0.727. The summed E-state index contributed by atoms with van der Waals surface area (Å²) in [6.45, 7) is 8.97. The van der Waals surface area contributed by atoms with Gasteiger partial charge in [0.1, 0.15) is 0 Å². The number of aliphatic hydroxyl groups excluding tert-OH is 1. The number of hydrogen-bond acceptors (Lipinski definition) is 4. The molecule has 1 atom stereocenters. The second-order valence-electron chi connectivity index (χ2n) is 6.81. The quantitative estimate of drug-likeness (QED) is 0.777. The largest absolute Gasteiger partial charge is 0.387 e. The van der Waals surface area contributed by atoms with Gasteiger partial charge in [0, 0.05) is 11.4 Å². The Morgan fingerprint density at radius 1 is 1.25 bits per heavy atom. The van der Waals surface area contributed by atoms with Gasteiger partial charge in [-0.05, 0) is 23.5 Å². The smallest absolute Gasteiger partial charge is 0.315 e. The summed E-state index contributed by atoms with van der Waals surface area (Å²) in [7, 11) is 0. The zero-order chi connectivity index (χ0) is 17.7. The number of aromatic nitrogens is 1. The number of urea groups is 1. The minimum absolute atomic E-state index is 0.0798. The Balaban J connectivity index is 1.81. The number of aliphatic hydroxyl groups is 1. The average Bonchev–Trinajstić information content (AvgIpc) is 2.95. The van der Waals surface area contributed by atoms with E-state index in [-0.39, 0.29) is 18.0 Å². The molecule has 2 amide bonds. The van der Waals surface area contributed by atoms with Crippen LogP contribution in [0.15, 0.2) is 29.8 Å². The molecular formula is C18H25N3O2S. The first kappa shape index (κ1) is 18.4. The van der Waals surface area contributed by atoms with Crippen molar-refractivity contribution in [3.8, 4) is 0 Å². The Kier molecular flexibility index (Phi) is 5.96. The molecule has 0 radical (unpaired) electrons. The molecule has 1 aromatic carbocycles. The van der Waals surface area contributed by atoms with Crippen molar-refractivity contribution in [1.82, 2.24) is 15.6 Å². The van der Waals surface area contributed by atoms with Gasteiger partial charge in [0.05, 0.1) is 23.9 Å². The number of rotatable bonds is 5. The van der Waals surface area contributed by atoms with Crippen molar-refractivity contribution >= 4 is 17.4 Å². The van der Waals surface area contributed by atoms with Gasteiger partial charge in [-0.2, -0.15) is 0 Å². The molecule has 0 aliphatic rings. The molecular weight excluding hydrogens is 322 g/mol. The molecule has 130 valence electrons. The minimum Gasteiger partial charge on any atom is -0.387 e.